The number of nitrogens with one attached hydrogen (secondary N) is 2. The molecule has 1 atom stereocenters. The molecule has 0 radical (unpaired) electrons. The van der Waals surface area contributed by atoms with Crippen molar-refractivity contribution in [2.24, 2.45) is 0 Å². The predicted molar refractivity (Wildman–Crippen MR) is 95.6 cm³/mol. The molecule has 1 aliphatic carbocycles. The van der Waals surface area contributed by atoms with E-state index in [0.717, 1.165) is 46.4 Å². The standard InChI is InChI=1S/C19H22N4O2/c1-10-4-5-11(2)17-16(10)15(24)8-14(21-17)9-20-12(3)19-22-18(23-25-19)13-6-7-13/h4-5,8,12-13,20H,6-7,9H2,1-3H3,(H,21,24)/t12-/m1/s1. The fraction of sp³-hybridized carbons (Fsp3) is 0.421. The van der Waals surface area contributed by atoms with Crippen LogP contribution in [0.1, 0.15) is 60.3 Å². The van der Waals surface area contributed by atoms with Crippen LogP contribution in [0.3, 0.4) is 0 Å². The minimum Gasteiger partial charge on any atom is -0.357 e. The highest BCUT2D eigenvalue weighted by Crippen LogP contribution is 2.38. The maximum Gasteiger partial charge on any atom is 0.243 e. The Kier molecular flexibility index (Phi) is 3.92. The summed E-state index contributed by atoms with van der Waals surface area (Å²) in [4.78, 5) is 20.3. The Hall–Kier alpha value is -2.47. The molecule has 2 N–H and O–H groups in total. The highest BCUT2D eigenvalue weighted by molar-refractivity contribution is 5.84. The number of rotatable bonds is 5. The molecule has 3 aromatic rings. The van der Waals surface area contributed by atoms with Crippen molar-refractivity contribution in [2.75, 3.05) is 0 Å². The summed E-state index contributed by atoms with van der Waals surface area (Å²) in [5.74, 6) is 1.89. The highest BCUT2D eigenvalue weighted by atomic mass is 16.5. The van der Waals surface area contributed by atoms with E-state index >= 15 is 0 Å². The molecule has 0 unspecified atom stereocenters. The molecule has 1 aliphatic rings. The lowest BCUT2D eigenvalue weighted by Gasteiger charge is -2.12. The quantitative estimate of drug-likeness (QED) is 0.746. The van der Waals surface area contributed by atoms with E-state index in [9.17, 15) is 4.79 Å². The van der Waals surface area contributed by atoms with Gasteiger partial charge in [0.15, 0.2) is 11.3 Å². The molecule has 6 nitrogen and oxygen atoms in total. The fourth-order valence-corrected chi connectivity index (χ4v) is 3.09. The van der Waals surface area contributed by atoms with Crippen LogP contribution in [0.2, 0.25) is 0 Å². The maximum atomic E-state index is 12.5. The van der Waals surface area contributed by atoms with Gasteiger partial charge in [-0.2, -0.15) is 4.98 Å². The summed E-state index contributed by atoms with van der Waals surface area (Å²) in [7, 11) is 0. The van der Waals surface area contributed by atoms with Gasteiger partial charge >= 0.3 is 0 Å². The Bertz CT molecular complexity index is 985. The minimum absolute atomic E-state index is 0.0493. The molecule has 0 saturated heterocycles. The van der Waals surface area contributed by atoms with Crippen LogP contribution in [0.4, 0.5) is 0 Å². The van der Waals surface area contributed by atoms with Crippen LogP contribution in [-0.4, -0.2) is 15.1 Å². The molecule has 2 heterocycles. The first-order valence-corrected chi connectivity index (χ1v) is 8.72. The van der Waals surface area contributed by atoms with Gasteiger partial charge in [-0.3, -0.25) is 4.79 Å². The van der Waals surface area contributed by atoms with E-state index in [2.05, 4.69) is 20.4 Å². The second-order valence-corrected chi connectivity index (χ2v) is 6.98. The molecule has 1 saturated carbocycles. The molecule has 0 amide bonds. The lowest BCUT2D eigenvalue weighted by atomic mass is 10.0. The van der Waals surface area contributed by atoms with Gasteiger partial charge < -0.3 is 14.8 Å². The van der Waals surface area contributed by atoms with E-state index in [1.54, 1.807) is 6.07 Å². The van der Waals surface area contributed by atoms with Crippen LogP contribution in [0.15, 0.2) is 27.5 Å². The van der Waals surface area contributed by atoms with Crippen LogP contribution in [0, 0.1) is 13.8 Å². The van der Waals surface area contributed by atoms with Crippen molar-refractivity contribution in [1.29, 1.82) is 0 Å². The number of aryl methyl sites for hydroxylation is 2. The van der Waals surface area contributed by atoms with E-state index < -0.39 is 0 Å². The first-order chi connectivity index (χ1) is 12.0. The van der Waals surface area contributed by atoms with Gasteiger partial charge in [-0.25, -0.2) is 0 Å². The van der Waals surface area contributed by atoms with Gasteiger partial charge in [0.1, 0.15) is 0 Å². The van der Waals surface area contributed by atoms with Crippen LogP contribution in [0.5, 0.6) is 0 Å². The highest BCUT2D eigenvalue weighted by Gasteiger charge is 2.29. The molecule has 0 spiro atoms. The summed E-state index contributed by atoms with van der Waals surface area (Å²) < 4.78 is 5.35. The molecule has 0 aliphatic heterocycles. The Morgan fingerprint density at radius 2 is 2.08 bits per heavy atom. The molecule has 130 valence electrons. The zero-order valence-electron chi connectivity index (χ0n) is 14.7. The van der Waals surface area contributed by atoms with Crippen molar-refractivity contribution in [1.82, 2.24) is 20.4 Å². The van der Waals surface area contributed by atoms with Gasteiger partial charge in [0.05, 0.1) is 11.6 Å². The fourth-order valence-electron chi connectivity index (χ4n) is 3.09. The van der Waals surface area contributed by atoms with Gasteiger partial charge in [0.2, 0.25) is 5.89 Å². The number of hydrogen-bond donors (Lipinski definition) is 2. The topological polar surface area (TPSA) is 83.8 Å². The van der Waals surface area contributed by atoms with Gasteiger partial charge in [0.25, 0.3) is 0 Å². The third kappa shape index (κ3) is 3.09. The van der Waals surface area contributed by atoms with Crippen LogP contribution in [-0.2, 0) is 6.54 Å². The van der Waals surface area contributed by atoms with Crippen LogP contribution < -0.4 is 10.7 Å². The minimum atomic E-state index is -0.0715. The van der Waals surface area contributed by atoms with E-state index in [4.69, 9.17) is 4.52 Å². The van der Waals surface area contributed by atoms with Crippen molar-refractivity contribution in [3.05, 3.63) is 57.0 Å². The molecular formula is C19H22N4O2. The largest absolute Gasteiger partial charge is 0.357 e. The first kappa shape index (κ1) is 16.0. The van der Waals surface area contributed by atoms with Crippen molar-refractivity contribution in [3.63, 3.8) is 0 Å². The van der Waals surface area contributed by atoms with Crippen molar-refractivity contribution < 1.29 is 4.52 Å². The van der Waals surface area contributed by atoms with Crippen molar-refractivity contribution >= 4 is 10.9 Å². The second kappa shape index (κ2) is 6.11. The number of fused-ring (bicyclic) bond motifs is 1. The van der Waals surface area contributed by atoms with E-state index in [1.807, 2.05) is 32.9 Å². The molecule has 0 bridgehead atoms. The molecule has 25 heavy (non-hydrogen) atoms. The van der Waals surface area contributed by atoms with Gasteiger partial charge in [-0.05, 0) is 44.7 Å². The van der Waals surface area contributed by atoms with Crippen LogP contribution in [0.25, 0.3) is 10.9 Å². The Morgan fingerprint density at radius 1 is 1.32 bits per heavy atom. The number of hydrogen-bond acceptors (Lipinski definition) is 5. The van der Waals surface area contributed by atoms with Crippen LogP contribution >= 0.6 is 0 Å². The molecule has 1 fully saturated rings. The summed E-state index contributed by atoms with van der Waals surface area (Å²) in [6.07, 6.45) is 2.30. The zero-order chi connectivity index (χ0) is 17.6. The van der Waals surface area contributed by atoms with Gasteiger partial charge in [0, 0.05) is 29.6 Å². The average molecular weight is 338 g/mol. The van der Waals surface area contributed by atoms with Gasteiger partial charge in [-0.1, -0.05) is 17.3 Å². The smallest absolute Gasteiger partial charge is 0.243 e. The zero-order valence-corrected chi connectivity index (χ0v) is 14.7. The Labute approximate surface area is 145 Å². The van der Waals surface area contributed by atoms with Gasteiger partial charge in [-0.15, -0.1) is 0 Å². The third-order valence-electron chi connectivity index (χ3n) is 4.83. The number of H-pyrrole nitrogens is 1. The van der Waals surface area contributed by atoms with E-state index in [-0.39, 0.29) is 11.5 Å². The summed E-state index contributed by atoms with van der Waals surface area (Å²) in [5, 5.41) is 8.16. The molecule has 1 aromatic carbocycles. The lowest BCUT2D eigenvalue weighted by Crippen LogP contribution is -2.20. The normalized spacial score (nSPS) is 15.6. The average Bonchev–Trinajstić information content (AvgIpc) is 3.33. The summed E-state index contributed by atoms with van der Waals surface area (Å²) in [6.45, 7) is 6.49. The SMILES string of the molecule is Cc1ccc(C)c2c(=O)cc(CN[C@H](C)c3nc(C4CC4)no3)[nH]c12. The number of nitrogens with zero attached hydrogens (tertiary/aromatic N) is 2. The number of benzene rings is 1. The molecular weight excluding hydrogens is 316 g/mol. The summed E-state index contributed by atoms with van der Waals surface area (Å²) in [6, 6.07) is 5.61. The lowest BCUT2D eigenvalue weighted by molar-refractivity contribution is 0.335. The monoisotopic (exact) mass is 338 g/mol. The molecule has 2 aromatic heterocycles. The van der Waals surface area contributed by atoms with Crippen molar-refractivity contribution in [2.45, 2.75) is 52.1 Å². The second-order valence-electron chi connectivity index (χ2n) is 6.98. The van der Waals surface area contributed by atoms with E-state index in [0.29, 0.717) is 18.4 Å². The Morgan fingerprint density at radius 3 is 2.84 bits per heavy atom. The summed E-state index contributed by atoms with van der Waals surface area (Å²) in [5.41, 5.74) is 3.87. The predicted octanol–water partition coefficient (Wildman–Crippen LogP) is 3.26. The molecule has 4 rings (SSSR count). The Balaban J connectivity index is 1.54. The third-order valence-corrected chi connectivity index (χ3v) is 4.83. The van der Waals surface area contributed by atoms with Crippen molar-refractivity contribution in [3.8, 4) is 0 Å². The first-order valence-electron chi connectivity index (χ1n) is 8.72. The number of aromatic amines is 1. The maximum absolute atomic E-state index is 12.5. The van der Waals surface area contributed by atoms with E-state index in [1.165, 1.54) is 0 Å². The molecule has 6 heteroatoms. The summed E-state index contributed by atoms with van der Waals surface area (Å²) >= 11 is 0. The number of pyridine rings is 1. The number of aromatic nitrogens is 3.